The quantitative estimate of drug-likeness (QED) is 0.207. The van der Waals surface area contributed by atoms with Gasteiger partial charge in [0.05, 0.1) is 13.2 Å². The molecular weight excluding hydrogens is 416 g/mol. The zero-order valence-corrected chi connectivity index (χ0v) is 21.0. The van der Waals surface area contributed by atoms with Crippen molar-refractivity contribution in [1.82, 2.24) is 9.80 Å². The number of hydrogen-bond acceptors (Lipinski definition) is 6. The Labute approximate surface area is 201 Å². The molecule has 0 aromatic carbocycles. The molecule has 2 heterocycles. The number of carbonyl (C=O) groups is 2. The Balaban J connectivity index is 1.43. The minimum atomic E-state index is -0.287. The Morgan fingerprint density at radius 3 is 1.82 bits per heavy atom. The molecule has 0 spiro atoms. The van der Waals surface area contributed by atoms with Gasteiger partial charge in [0.1, 0.15) is 0 Å². The average molecular weight is 463 g/mol. The van der Waals surface area contributed by atoms with E-state index < -0.39 is 0 Å². The van der Waals surface area contributed by atoms with Crippen molar-refractivity contribution in [3.63, 3.8) is 0 Å². The van der Waals surface area contributed by atoms with E-state index in [-0.39, 0.29) is 11.9 Å². The molecule has 0 radical (unpaired) electrons. The molecule has 0 unspecified atom stereocenters. The fourth-order valence-corrected chi connectivity index (χ4v) is 4.74. The number of hydrogen-bond donors (Lipinski definition) is 0. The summed E-state index contributed by atoms with van der Waals surface area (Å²) in [5.41, 5.74) is 0. The van der Waals surface area contributed by atoms with Gasteiger partial charge in [0, 0.05) is 31.4 Å². The van der Waals surface area contributed by atoms with Crippen LogP contribution in [0, 0.1) is 11.8 Å². The molecule has 0 saturated carbocycles. The molecule has 0 N–H and O–H groups in total. The van der Waals surface area contributed by atoms with Gasteiger partial charge in [-0.2, -0.15) is 0 Å². The maximum Gasteiger partial charge on any atom is 0.332 e. The van der Waals surface area contributed by atoms with Gasteiger partial charge in [0.25, 0.3) is 0 Å². The monoisotopic (exact) mass is 462 g/mol. The van der Waals surface area contributed by atoms with Gasteiger partial charge in [0.15, 0.2) is 0 Å². The molecule has 6 heteroatoms. The summed E-state index contributed by atoms with van der Waals surface area (Å²) in [6, 6.07) is 0. The van der Waals surface area contributed by atoms with Gasteiger partial charge in [0.2, 0.25) is 0 Å². The van der Waals surface area contributed by atoms with Crippen LogP contribution in [0.15, 0.2) is 24.4 Å². The van der Waals surface area contributed by atoms with Crippen molar-refractivity contribution in [2.24, 2.45) is 11.8 Å². The third kappa shape index (κ3) is 12.9. The minimum absolute atomic E-state index is 0.254. The Morgan fingerprint density at radius 1 is 0.758 bits per heavy atom. The Hall–Kier alpha value is -1.82. The SMILES string of the molecule is C/C=C/C(=O)OCCCCCCOC(=O)/C=C/N1CCC(CCCC2CCN(C)CC2)CC1. The Kier molecular flexibility index (Phi) is 13.9. The van der Waals surface area contributed by atoms with Gasteiger partial charge in [-0.25, -0.2) is 9.59 Å². The number of nitrogens with zero attached hydrogens (tertiary/aromatic N) is 2. The zero-order valence-electron chi connectivity index (χ0n) is 21.0. The lowest BCUT2D eigenvalue weighted by Crippen LogP contribution is -2.31. The van der Waals surface area contributed by atoms with Crippen LogP contribution in [0.3, 0.4) is 0 Å². The summed E-state index contributed by atoms with van der Waals surface area (Å²) in [6.45, 7) is 7.31. The number of esters is 2. The van der Waals surface area contributed by atoms with Crippen molar-refractivity contribution in [3.8, 4) is 0 Å². The van der Waals surface area contributed by atoms with E-state index in [4.69, 9.17) is 9.47 Å². The first kappa shape index (κ1) is 27.4. The molecule has 2 aliphatic rings. The van der Waals surface area contributed by atoms with Crippen LogP contribution in [0.1, 0.15) is 77.6 Å². The summed E-state index contributed by atoms with van der Waals surface area (Å²) in [7, 11) is 2.23. The van der Waals surface area contributed by atoms with Crippen molar-refractivity contribution in [2.45, 2.75) is 77.6 Å². The van der Waals surface area contributed by atoms with Crippen molar-refractivity contribution in [1.29, 1.82) is 0 Å². The largest absolute Gasteiger partial charge is 0.463 e. The molecule has 188 valence electrons. The third-order valence-corrected chi connectivity index (χ3v) is 6.96. The van der Waals surface area contributed by atoms with Crippen LogP contribution >= 0.6 is 0 Å². The molecule has 33 heavy (non-hydrogen) atoms. The fraction of sp³-hybridized carbons (Fsp3) is 0.778. The maximum atomic E-state index is 11.9. The van der Waals surface area contributed by atoms with Gasteiger partial charge in [-0.1, -0.05) is 25.3 Å². The number of rotatable bonds is 14. The highest BCUT2D eigenvalue weighted by Crippen LogP contribution is 2.27. The summed E-state index contributed by atoms with van der Waals surface area (Å²) in [4.78, 5) is 27.8. The van der Waals surface area contributed by atoms with Crippen LogP contribution in [-0.2, 0) is 19.1 Å². The molecule has 2 saturated heterocycles. The number of ether oxygens (including phenoxy) is 2. The molecule has 2 fully saturated rings. The lowest BCUT2D eigenvalue weighted by atomic mass is 9.87. The number of allylic oxidation sites excluding steroid dienone is 1. The summed E-state index contributed by atoms with van der Waals surface area (Å²) >= 11 is 0. The first-order valence-corrected chi connectivity index (χ1v) is 13.1. The van der Waals surface area contributed by atoms with E-state index in [1.807, 2.05) is 6.20 Å². The van der Waals surface area contributed by atoms with Crippen molar-refractivity contribution < 1.29 is 19.1 Å². The summed E-state index contributed by atoms with van der Waals surface area (Å²) in [5.74, 6) is 1.25. The van der Waals surface area contributed by atoms with Crippen molar-refractivity contribution >= 4 is 11.9 Å². The number of carbonyl (C=O) groups excluding carboxylic acids is 2. The molecule has 0 aromatic rings. The third-order valence-electron chi connectivity index (χ3n) is 6.96. The van der Waals surface area contributed by atoms with Crippen molar-refractivity contribution in [2.75, 3.05) is 46.4 Å². The molecular formula is C27H46N2O4. The van der Waals surface area contributed by atoms with E-state index in [0.717, 1.165) is 50.6 Å². The molecule has 0 aliphatic carbocycles. The molecule has 0 amide bonds. The van der Waals surface area contributed by atoms with Gasteiger partial charge >= 0.3 is 11.9 Å². The van der Waals surface area contributed by atoms with Crippen LogP contribution in [0.4, 0.5) is 0 Å². The Morgan fingerprint density at radius 2 is 1.27 bits per heavy atom. The molecule has 6 nitrogen and oxygen atoms in total. The van der Waals surface area contributed by atoms with Crippen LogP contribution in [0.25, 0.3) is 0 Å². The van der Waals surface area contributed by atoms with Gasteiger partial charge in [-0.3, -0.25) is 0 Å². The highest BCUT2D eigenvalue weighted by Gasteiger charge is 2.19. The first-order valence-electron chi connectivity index (χ1n) is 13.1. The first-order chi connectivity index (χ1) is 16.1. The lowest BCUT2D eigenvalue weighted by Gasteiger charge is -2.32. The second-order valence-electron chi connectivity index (χ2n) is 9.72. The predicted molar refractivity (Wildman–Crippen MR) is 133 cm³/mol. The summed E-state index contributed by atoms with van der Waals surface area (Å²) in [5, 5.41) is 0. The minimum Gasteiger partial charge on any atom is -0.463 e. The second kappa shape index (κ2) is 16.7. The van der Waals surface area contributed by atoms with Gasteiger partial charge in [-0.05, 0) is 90.3 Å². The molecule has 2 aliphatic heterocycles. The second-order valence-corrected chi connectivity index (χ2v) is 9.72. The van der Waals surface area contributed by atoms with E-state index in [2.05, 4.69) is 16.8 Å². The molecule has 0 bridgehead atoms. The lowest BCUT2D eigenvalue weighted by molar-refractivity contribution is -0.139. The Bertz CT molecular complexity index is 603. The normalized spacial score (nSPS) is 18.9. The number of unbranched alkanes of at least 4 members (excludes halogenated alkanes) is 3. The zero-order chi connectivity index (χ0) is 23.7. The fourth-order valence-electron chi connectivity index (χ4n) is 4.74. The highest BCUT2D eigenvalue weighted by molar-refractivity contribution is 5.82. The predicted octanol–water partition coefficient (Wildman–Crippen LogP) is 4.95. The summed E-state index contributed by atoms with van der Waals surface area (Å²) in [6.07, 6.45) is 19.6. The average Bonchev–Trinajstić information content (AvgIpc) is 2.81. The van der Waals surface area contributed by atoms with Crippen LogP contribution in [0.2, 0.25) is 0 Å². The molecule has 0 aromatic heterocycles. The van der Waals surface area contributed by atoms with Gasteiger partial charge in [-0.15, -0.1) is 0 Å². The standard InChI is InChI=1S/C27H46N2O4/c1-3-9-26(30)32-22-6-4-5-7-23-33-27(31)16-21-29-19-14-25(15-20-29)11-8-10-24-12-17-28(2)18-13-24/h3,9,16,21,24-25H,4-8,10-15,17-20,22-23H2,1-2H3/b9-3+,21-16+. The van der Waals surface area contributed by atoms with Crippen LogP contribution in [0.5, 0.6) is 0 Å². The summed E-state index contributed by atoms with van der Waals surface area (Å²) < 4.78 is 10.3. The van der Waals surface area contributed by atoms with Crippen molar-refractivity contribution in [3.05, 3.63) is 24.4 Å². The number of likely N-dealkylation sites (tertiary alicyclic amines) is 2. The van der Waals surface area contributed by atoms with E-state index in [1.165, 1.54) is 64.1 Å². The van der Waals surface area contributed by atoms with E-state index in [1.54, 1.807) is 19.1 Å². The van der Waals surface area contributed by atoms with E-state index >= 15 is 0 Å². The number of piperidine rings is 2. The highest BCUT2D eigenvalue weighted by atomic mass is 16.5. The van der Waals surface area contributed by atoms with E-state index in [9.17, 15) is 9.59 Å². The maximum absolute atomic E-state index is 11.9. The van der Waals surface area contributed by atoms with Crippen LogP contribution in [-0.4, -0.2) is 68.2 Å². The smallest absolute Gasteiger partial charge is 0.332 e. The topological polar surface area (TPSA) is 59.1 Å². The van der Waals surface area contributed by atoms with Crippen LogP contribution < -0.4 is 0 Å². The van der Waals surface area contributed by atoms with E-state index in [0.29, 0.717) is 13.2 Å². The van der Waals surface area contributed by atoms with Gasteiger partial charge < -0.3 is 19.3 Å². The molecule has 0 atom stereocenters. The molecule has 2 rings (SSSR count).